The third-order valence-corrected chi connectivity index (χ3v) is 4.51. The fourth-order valence-electron chi connectivity index (χ4n) is 3.21. The molecule has 1 aromatic heterocycles. The predicted molar refractivity (Wildman–Crippen MR) is 105 cm³/mol. The molecule has 7 heteroatoms. The summed E-state index contributed by atoms with van der Waals surface area (Å²) in [6.07, 6.45) is 13.0. The zero-order valence-electron chi connectivity index (χ0n) is 15.1. The highest BCUT2D eigenvalue weighted by Crippen LogP contribution is 2.25. The number of hydrogen-bond donors (Lipinski definition) is 2. The number of nitrogens with one attached hydrogen (secondary N) is 2. The van der Waals surface area contributed by atoms with Crippen LogP contribution in [0.5, 0.6) is 5.75 Å². The Morgan fingerprint density at radius 2 is 1.96 bits per heavy atom. The fourth-order valence-corrected chi connectivity index (χ4v) is 3.21. The zero-order chi connectivity index (χ0) is 18.8. The number of allylic oxidation sites excluding steroid dienone is 2. The van der Waals surface area contributed by atoms with Crippen LogP contribution in [-0.2, 0) is 4.79 Å². The zero-order valence-corrected chi connectivity index (χ0v) is 15.1. The van der Waals surface area contributed by atoms with E-state index in [4.69, 9.17) is 4.74 Å². The number of nitrogens with zero attached hydrogens (tertiary/aromatic N) is 1. The Bertz CT molecular complexity index is 719. The lowest BCUT2D eigenvalue weighted by Crippen LogP contribution is -2.30. The van der Waals surface area contributed by atoms with Gasteiger partial charge in [0.1, 0.15) is 5.70 Å². The first-order valence-electron chi connectivity index (χ1n) is 9.15. The minimum atomic E-state index is -0.682. The standard InChI is InChI=1S/C19H26BN3O3/c1-3-10-15(21-4-2)19(25)26-16-13-17(22-23-18(16)24)20-14-11-8-6-5-7-9-12-14/h3-4,10,13-14,20-21H,1-2,5-9,11-12H2,(H,23,24)/b15-10-. The van der Waals surface area contributed by atoms with Gasteiger partial charge in [0.15, 0.2) is 13.0 Å². The van der Waals surface area contributed by atoms with E-state index in [-0.39, 0.29) is 11.4 Å². The van der Waals surface area contributed by atoms with E-state index in [9.17, 15) is 9.59 Å². The molecular weight excluding hydrogens is 329 g/mol. The Labute approximate surface area is 154 Å². The van der Waals surface area contributed by atoms with Crippen molar-refractivity contribution in [1.29, 1.82) is 0 Å². The second kappa shape index (κ2) is 10.4. The maximum absolute atomic E-state index is 12.2. The van der Waals surface area contributed by atoms with E-state index in [2.05, 4.69) is 28.7 Å². The number of carbonyl (C=O) groups excluding carboxylic acids is 1. The van der Waals surface area contributed by atoms with Crippen molar-refractivity contribution < 1.29 is 9.53 Å². The molecule has 0 bridgehead atoms. The number of carbonyl (C=O) groups is 1. The normalized spacial score (nSPS) is 16.1. The summed E-state index contributed by atoms with van der Waals surface area (Å²) in [7, 11) is 0.779. The Morgan fingerprint density at radius 1 is 1.27 bits per heavy atom. The Hall–Kier alpha value is -2.57. The summed E-state index contributed by atoms with van der Waals surface area (Å²) in [5, 5.41) is 9.22. The molecule has 0 unspecified atom stereocenters. The molecule has 0 aliphatic heterocycles. The molecule has 138 valence electrons. The number of rotatable bonds is 7. The van der Waals surface area contributed by atoms with Gasteiger partial charge in [0.05, 0.1) is 0 Å². The van der Waals surface area contributed by atoms with Crippen molar-refractivity contribution in [1.82, 2.24) is 15.5 Å². The fraction of sp³-hybridized carbons (Fsp3) is 0.421. The van der Waals surface area contributed by atoms with Crippen LogP contribution in [0.3, 0.4) is 0 Å². The van der Waals surface area contributed by atoms with E-state index in [1.807, 2.05) is 0 Å². The average molecular weight is 355 g/mol. The van der Waals surface area contributed by atoms with Crippen molar-refractivity contribution in [3.8, 4) is 5.75 Å². The molecule has 6 nitrogen and oxygen atoms in total. The summed E-state index contributed by atoms with van der Waals surface area (Å²) in [4.78, 5) is 24.2. The van der Waals surface area contributed by atoms with Crippen LogP contribution in [0.1, 0.15) is 44.9 Å². The summed E-state index contributed by atoms with van der Waals surface area (Å²) in [6, 6.07) is 1.56. The molecule has 26 heavy (non-hydrogen) atoms. The average Bonchev–Trinajstić information content (AvgIpc) is 2.59. The largest absolute Gasteiger partial charge is 0.416 e. The first-order valence-corrected chi connectivity index (χ1v) is 9.15. The van der Waals surface area contributed by atoms with Crippen LogP contribution in [0.2, 0.25) is 5.82 Å². The minimum Gasteiger partial charge on any atom is -0.416 e. The molecule has 0 aromatic carbocycles. The smallest absolute Gasteiger partial charge is 0.360 e. The molecular formula is C19H26BN3O3. The van der Waals surface area contributed by atoms with Crippen LogP contribution < -0.4 is 21.2 Å². The van der Waals surface area contributed by atoms with E-state index >= 15 is 0 Å². The Morgan fingerprint density at radius 3 is 2.62 bits per heavy atom. The first kappa shape index (κ1) is 19.8. The highest BCUT2D eigenvalue weighted by Gasteiger charge is 2.18. The lowest BCUT2D eigenvalue weighted by Gasteiger charge is -2.18. The maximum atomic E-state index is 12.2. The summed E-state index contributed by atoms with van der Waals surface area (Å²) in [6.45, 7) is 7.06. The quantitative estimate of drug-likeness (QED) is 0.339. The summed E-state index contributed by atoms with van der Waals surface area (Å²) in [5.74, 6) is -0.180. The van der Waals surface area contributed by atoms with Crippen molar-refractivity contribution in [3.63, 3.8) is 0 Å². The van der Waals surface area contributed by atoms with Gasteiger partial charge in [0.2, 0.25) is 0 Å². The van der Waals surface area contributed by atoms with E-state index in [1.165, 1.54) is 63.3 Å². The molecule has 1 aliphatic rings. The van der Waals surface area contributed by atoms with Crippen LogP contribution in [0, 0.1) is 0 Å². The van der Waals surface area contributed by atoms with Gasteiger partial charge in [-0.3, -0.25) is 4.79 Å². The molecule has 0 amide bonds. The molecule has 1 fully saturated rings. The number of aromatic amines is 1. The van der Waals surface area contributed by atoms with Crippen LogP contribution in [0.15, 0.2) is 48.1 Å². The summed E-state index contributed by atoms with van der Waals surface area (Å²) >= 11 is 0. The highest BCUT2D eigenvalue weighted by atomic mass is 16.5. The van der Waals surface area contributed by atoms with Crippen molar-refractivity contribution in [2.24, 2.45) is 0 Å². The molecule has 0 spiro atoms. The van der Waals surface area contributed by atoms with Gasteiger partial charge in [-0.15, -0.1) is 0 Å². The Kier molecular flexibility index (Phi) is 7.93. The first-order chi connectivity index (χ1) is 12.6. The van der Waals surface area contributed by atoms with Gasteiger partial charge in [-0.2, -0.15) is 5.10 Å². The predicted octanol–water partition coefficient (Wildman–Crippen LogP) is 2.07. The van der Waals surface area contributed by atoms with Gasteiger partial charge < -0.3 is 10.1 Å². The van der Waals surface area contributed by atoms with Gasteiger partial charge in [-0.05, 0) is 12.3 Å². The molecule has 1 aliphatic carbocycles. The third-order valence-electron chi connectivity index (χ3n) is 4.51. The maximum Gasteiger partial charge on any atom is 0.360 e. The third kappa shape index (κ3) is 6.06. The van der Waals surface area contributed by atoms with Gasteiger partial charge in [-0.25, -0.2) is 9.89 Å². The topological polar surface area (TPSA) is 84.1 Å². The molecule has 1 heterocycles. The minimum absolute atomic E-state index is 0.0494. The molecule has 2 rings (SSSR count). The molecule has 0 radical (unpaired) electrons. The van der Waals surface area contributed by atoms with Crippen molar-refractivity contribution in [2.75, 3.05) is 0 Å². The van der Waals surface area contributed by atoms with E-state index < -0.39 is 11.5 Å². The summed E-state index contributed by atoms with van der Waals surface area (Å²) in [5.41, 5.74) is 0.355. The lowest BCUT2D eigenvalue weighted by molar-refractivity contribution is -0.130. The highest BCUT2D eigenvalue weighted by molar-refractivity contribution is 6.53. The van der Waals surface area contributed by atoms with E-state index in [0.717, 1.165) is 12.9 Å². The number of hydrogen-bond acceptors (Lipinski definition) is 5. The van der Waals surface area contributed by atoms with Crippen LogP contribution in [-0.4, -0.2) is 23.4 Å². The second-order valence-corrected chi connectivity index (χ2v) is 6.52. The van der Waals surface area contributed by atoms with Gasteiger partial charge >= 0.3 is 11.5 Å². The molecule has 2 N–H and O–H groups in total. The van der Waals surface area contributed by atoms with Crippen molar-refractivity contribution in [3.05, 3.63) is 53.6 Å². The monoisotopic (exact) mass is 355 g/mol. The van der Waals surface area contributed by atoms with Gasteiger partial charge in [-0.1, -0.05) is 70.0 Å². The van der Waals surface area contributed by atoms with Crippen LogP contribution in [0.4, 0.5) is 0 Å². The SMILES string of the molecule is C=C/C=C(\NC=C)C(=O)Oc1cc(BC2CCCCCCC2)n[nH]c1=O. The molecule has 1 aromatic rings. The number of aromatic nitrogens is 2. The van der Waals surface area contributed by atoms with E-state index in [0.29, 0.717) is 5.82 Å². The van der Waals surface area contributed by atoms with Gasteiger partial charge in [0, 0.05) is 11.7 Å². The van der Waals surface area contributed by atoms with Crippen molar-refractivity contribution in [2.45, 2.75) is 50.8 Å². The number of esters is 1. The van der Waals surface area contributed by atoms with E-state index in [1.54, 1.807) is 6.07 Å². The summed E-state index contributed by atoms with van der Waals surface area (Å²) < 4.78 is 5.24. The number of H-pyrrole nitrogens is 1. The van der Waals surface area contributed by atoms with Crippen molar-refractivity contribution >= 4 is 18.8 Å². The van der Waals surface area contributed by atoms with Gasteiger partial charge in [0.25, 0.3) is 0 Å². The molecule has 0 atom stereocenters. The lowest BCUT2D eigenvalue weighted by atomic mass is 9.58. The Balaban J connectivity index is 2.09. The second-order valence-electron chi connectivity index (χ2n) is 6.52. The van der Waals surface area contributed by atoms with Crippen LogP contribution >= 0.6 is 0 Å². The molecule has 0 saturated heterocycles. The number of ether oxygens (including phenoxy) is 1. The molecule has 1 saturated carbocycles. The van der Waals surface area contributed by atoms with Crippen LogP contribution in [0.25, 0.3) is 0 Å².